The zero-order valence-corrected chi connectivity index (χ0v) is 15.4. The molecule has 2 aromatic carbocycles. The number of anilines is 2. The third-order valence-corrected chi connectivity index (χ3v) is 5.21. The highest BCUT2D eigenvalue weighted by Crippen LogP contribution is 2.32. The van der Waals surface area contributed by atoms with Crippen molar-refractivity contribution in [3.8, 4) is 5.75 Å². The van der Waals surface area contributed by atoms with E-state index < -0.39 is 0 Å². The van der Waals surface area contributed by atoms with Gasteiger partial charge in [0.2, 0.25) is 0 Å². The van der Waals surface area contributed by atoms with Crippen LogP contribution >= 0.6 is 11.3 Å². The number of nitrogens with zero attached hydrogens (tertiary/aromatic N) is 1. The molecule has 3 aromatic rings. The van der Waals surface area contributed by atoms with E-state index in [9.17, 15) is 9.59 Å². The number of carbonyl (C=O) groups is 2. The van der Waals surface area contributed by atoms with E-state index in [0.717, 1.165) is 17.7 Å². The van der Waals surface area contributed by atoms with Crippen molar-refractivity contribution in [2.24, 2.45) is 0 Å². The fourth-order valence-electron chi connectivity index (χ4n) is 3.06. The number of nitrogens with one attached hydrogen (secondary N) is 1. The van der Waals surface area contributed by atoms with Gasteiger partial charge in [-0.05, 0) is 47.7 Å². The molecule has 27 heavy (non-hydrogen) atoms. The molecule has 1 aliphatic rings. The van der Waals surface area contributed by atoms with Crippen LogP contribution in [-0.4, -0.2) is 25.0 Å². The van der Waals surface area contributed by atoms with Crippen LogP contribution in [0.25, 0.3) is 0 Å². The highest BCUT2D eigenvalue weighted by atomic mass is 32.1. The SMILES string of the molecule is O=C(COc1ccccc1)Nc1ccc2c(c1)N(C(=O)c1cccs1)CC2. The van der Waals surface area contributed by atoms with Crippen molar-refractivity contribution in [3.05, 3.63) is 76.5 Å². The summed E-state index contributed by atoms with van der Waals surface area (Å²) in [5, 5.41) is 4.73. The van der Waals surface area contributed by atoms with Gasteiger partial charge in [0.1, 0.15) is 5.75 Å². The van der Waals surface area contributed by atoms with Gasteiger partial charge >= 0.3 is 0 Å². The maximum absolute atomic E-state index is 12.7. The summed E-state index contributed by atoms with van der Waals surface area (Å²) < 4.78 is 5.47. The lowest BCUT2D eigenvalue weighted by atomic mass is 10.1. The summed E-state index contributed by atoms with van der Waals surface area (Å²) in [7, 11) is 0. The lowest BCUT2D eigenvalue weighted by Crippen LogP contribution is -2.28. The maximum atomic E-state index is 12.7. The largest absolute Gasteiger partial charge is 0.484 e. The third kappa shape index (κ3) is 3.85. The number of thiophene rings is 1. The van der Waals surface area contributed by atoms with Crippen molar-refractivity contribution in [2.75, 3.05) is 23.4 Å². The van der Waals surface area contributed by atoms with Crippen LogP contribution in [0.5, 0.6) is 5.75 Å². The summed E-state index contributed by atoms with van der Waals surface area (Å²) in [6.45, 7) is 0.583. The van der Waals surface area contributed by atoms with Crippen molar-refractivity contribution < 1.29 is 14.3 Å². The molecule has 0 bridgehead atoms. The summed E-state index contributed by atoms with van der Waals surface area (Å²) in [5.74, 6) is 0.405. The molecule has 1 N–H and O–H groups in total. The predicted molar refractivity (Wildman–Crippen MR) is 107 cm³/mol. The second-order valence-corrected chi connectivity index (χ2v) is 7.13. The van der Waals surface area contributed by atoms with Crippen LogP contribution in [0.2, 0.25) is 0 Å². The Morgan fingerprint density at radius 1 is 1.07 bits per heavy atom. The molecule has 2 amide bonds. The van der Waals surface area contributed by atoms with Crippen LogP contribution in [0.1, 0.15) is 15.2 Å². The topological polar surface area (TPSA) is 58.6 Å². The average molecular weight is 378 g/mol. The van der Waals surface area contributed by atoms with E-state index in [1.807, 2.05) is 53.9 Å². The number of ether oxygens (including phenoxy) is 1. The van der Waals surface area contributed by atoms with Crippen LogP contribution < -0.4 is 15.0 Å². The first kappa shape index (κ1) is 17.3. The first-order chi connectivity index (χ1) is 13.2. The average Bonchev–Trinajstić information content (AvgIpc) is 3.36. The van der Waals surface area contributed by atoms with Crippen molar-refractivity contribution in [2.45, 2.75) is 6.42 Å². The molecule has 1 aliphatic heterocycles. The van der Waals surface area contributed by atoms with E-state index in [-0.39, 0.29) is 18.4 Å². The summed E-state index contributed by atoms with van der Waals surface area (Å²) in [6.07, 6.45) is 0.817. The van der Waals surface area contributed by atoms with Gasteiger partial charge in [-0.1, -0.05) is 30.3 Å². The number of amides is 2. The van der Waals surface area contributed by atoms with E-state index in [1.54, 1.807) is 17.0 Å². The van der Waals surface area contributed by atoms with E-state index in [4.69, 9.17) is 4.74 Å². The third-order valence-electron chi connectivity index (χ3n) is 4.35. The van der Waals surface area contributed by atoms with Gasteiger partial charge in [0, 0.05) is 17.9 Å². The Balaban J connectivity index is 1.44. The molecule has 6 heteroatoms. The van der Waals surface area contributed by atoms with E-state index >= 15 is 0 Å². The Morgan fingerprint density at radius 3 is 2.70 bits per heavy atom. The maximum Gasteiger partial charge on any atom is 0.268 e. The monoisotopic (exact) mass is 378 g/mol. The second-order valence-electron chi connectivity index (χ2n) is 6.18. The van der Waals surface area contributed by atoms with Gasteiger partial charge in [0.05, 0.1) is 4.88 Å². The molecule has 0 saturated heterocycles. The first-order valence-corrected chi connectivity index (χ1v) is 9.55. The van der Waals surface area contributed by atoms with Crippen molar-refractivity contribution >= 4 is 34.5 Å². The zero-order valence-electron chi connectivity index (χ0n) is 14.6. The molecule has 0 spiro atoms. The first-order valence-electron chi connectivity index (χ1n) is 8.67. The number of carbonyl (C=O) groups excluding carboxylic acids is 2. The highest BCUT2D eigenvalue weighted by molar-refractivity contribution is 7.12. The van der Waals surface area contributed by atoms with Crippen LogP contribution in [0, 0.1) is 0 Å². The number of hydrogen-bond acceptors (Lipinski definition) is 4. The number of benzene rings is 2. The van der Waals surface area contributed by atoms with Crippen LogP contribution in [-0.2, 0) is 11.2 Å². The minimum absolute atomic E-state index is 0.000336. The van der Waals surface area contributed by atoms with E-state index in [2.05, 4.69) is 5.32 Å². The Bertz CT molecular complexity index is 955. The van der Waals surface area contributed by atoms with E-state index in [0.29, 0.717) is 22.9 Å². The van der Waals surface area contributed by atoms with Gasteiger partial charge in [-0.25, -0.2) is 0 Å². The molecule has 0 atom stereocenters. The Labute approximate surface area is 161 Å². The zero-order chi connectivity index (χ0) is 18.6. The number of para-hydroxylation sites is 1. The highest BCUT2D eigenvalue weighted by Gasteiger charge is 2.26. The fourth-order valence-corrected chi connectivity index (χ4v) is 3.74. The molecule has 5 nitrogen and oxygen atoms in total. The van der Waals surface area contributed by atoms with Crippen LogP contribution in [0.4, 0.5) is 11.4 Å². The standard InChI is InChI=1S/C21H18N2O3S/c24-20(14-26-17-5-2-1-3-6-17)22-16-9-8-15-10-11-23(18(15)13-16)21(25)19-7-4-12-27-19/h1-9,12-13H,10-11,14H2,(H,22,24). The van der Waals surface area contributed by atoms with Gasteiger partial charge in [0.15, 0.2) is 6.61 Å². The van der Waals surface area contributed by atoms with E-state index in [1.165, 1.54) is 11.3 Å². The van der Waals surface area contributed by atoms with Gasteiger partial charge in [-0.2, -0.15) is 0 Å². The van der Waals surface area contributed by atoms with Gasteiger partial charge in [-0.15, -0.1) is 11.3 Å². The van der Waals surface area contributed by atoms with Crippen LogP contribution in [0.3, 0.4) is 0 Å². The normalized spacial score (nSPS) is 12.5. The number of fused-ring (bicyclic) bond motifs is 1. The lowest BCUT2D eigenvalue weighted by molar-refractivity contribution is -0.118. The minimum atomic E-state index is -0.243. The molecule has 1 aromatic heterocycles. The number of hydrogen-bond donors (Lipinski definition) is 1. The second kappa shape index (κ2) is 7.63. The van der Waals surface area contributed by atoms with Crippen LogP contribution in [0.15, 0.2) is 66.0 Å². The quantitative estimate of drug-likeness (QED) is 0.731. The predicted octanol–water partition coefficient (Wildman–Crippen LogP) is 3.97. The molecular weight excluding hydrogens is 360 g/mol. The molecule has 136 valence electrons. The molecule has 0 unspecified atom stereocenters. The molecule has 4 rings (SSSR count). The Hall–Kier alpha value is -3.12. The smallest absolute Gasteiger partial charge is 0.268 e. The number of rotatable bonds is 5. The van der Waals surface area contributed by atoms with Crippen molar-refractivity contribution in [1.29, 1.82) is 0 Å². The van der Waals surface area contributed by atoms with Gasteiger partial charge < -0.3 is 15.0 Å². The summed E-state index contributed by atoms with van der Waals surface area (Å²) >= 11 is 1.43. The minimum Gasteiger partial charge on any atom is -0.484 e. The Kier molecular flexibility index (Phi) is 4.89. The molecule has 0 radical (unpaired) electrons. The molecule has 2 heterocycles. The molecule has 0 fully saturated rings. The lowest BCUT2D eigenvalue weighted by Gasteiger charge is -2.17. The summed E-state index contributed by atoms with van der Waals surface area (Å²) in [4.78, 5) is 27.4. The Morgan fingerprint density at radius 2 is 1.93 bits per heavy atom. The van der Waals surface area contributed by atoms with Crippen molar-refractivity contribution in [3.63, 3.8) is 0 Å². The van der Waals surface area contributed by atoms with Gasteiger partial charge in [0.25, 0.3) is 11.8 Å². The van der Waals surface area contributed by atoms with Crippen molar-refractivity contribution in [1.82, 2.24) is 0 Å². The molecule has 0 saturated carbocycles. The van der Waals surface area contributed by atoms with Gasteiger partial charge in [-0.3, -0.25) is 9.59 Å². The molecular formula is C21H18N2O3S. The molecule has 0 aliphatic carbocycles. The summed E-state index contributed by atoms with van der Waals surface area (Å²) in [6, 6.07) is 18.6. The fraction of sp³-hybridized carbons (Fsp3) is 0.143. The summed E-state index contributed by atoms with van der Waals surface area (Å²) in [5.41, 5.74) is 2.62.